The third-order valence-electron chi connectivity index (χ3n) is 1.89. The Hall–Kier alpha value is -1.61. The van der Waals surface area contributed by atoms with Gasteiger partial charge in [-0.25, -0.2) is 4.79 Å². The summed E-state index contributed by atoms with van der Waals surface area (Å²) in [5.74, 6) is -0.904. The largest absolute Gasteiger partial charge is 0.478 e. The van der Waals surface area contributed by atoms with Gasteiger partial charge in [-0.05, 0) is 23.6 Å². The summed E-state index contributed by atoms with van der Waals surface area (Å²) in [5, 5.41) is 10.6. The minimum atomic E-state index is -0.904. The van der Waals surface area contributed by atoms with E-state index in [1.54, 1.807) is 36.7 Å². The fourth-order valence-electron chi connectivity index (χ4n) is 1.22. The lowest BCUT2D eigenvalue weighted by Crippen LogP contribution is -1.95. The van der Waals surface area contributed by atoms with Crippen LogP contribution < -0.4 is 0 Å². The van der Waals surface area contributed by atoms with Crippen molar-refractivity contribution in [2.45, 2.75) is 0 Å². The minimum absolute atomic E-state index is 0. The van der Waals surface area contributed by atoms with Gasteiger partial charge in [0.2, 0.25) is 0 Å². The average molecular weight is 210 g/mol. The second-order valence-corrected chi connectivity index (χ2v) is 2.74. The fraction of sp³-hybridized carbons (Fsp3) is 0. The number of aromatic carboxylic acids is 1. The molecular weight excluding hydrogens is 202 g/mol. The van der Waals surface area contributed by atoms with Crippen LogP contribution in [0.5, 0.6) is 0 Å². The van der Waals surface area contributed by atoms with Crippen molar-refractivity contribution in [1.82, 2.24) is 4.98 Å². The van der Waals surface area contributed by atoms with Gasteiger partial charge >= 0.3 is 5.97 Å². The Morgan fingerprint density at radius 1 is 1.21 bits per heavy atom. The van der Waals surface area contributed by atoms with E-state index in [0.717, 1.165) is 10.8 Å². The van der Waals surface area contributed by atoms with Crippen LogP contribution in [0.2, 0.25) is 0 Å². The van der Waals surface area contributed by atoms with E-state index >= 15 is 0 Å². The molecule has 0 amide bonds. The van der Waals surface area contributed by atoms with Gasteiger partial charge in [0, 0.05) is 17.8 Å². The van der Waals surface area contributed by atoms with E-state index in [2.05, 4.69) is 4.98 Å². The molecule has 0 aliphatic carbocycles. The molecule has 0 fully saturated rings. The summed E-state index contributed by atoms with van der Waals surface area (Å²) in [7, 11) is 0. The fourth-order valence-corrected chi connectivity index (χ4v) is 1.22. The number of rotatable bonds is 1. The van der Waals surface area contributed by atoms with E-state index < -0.39 is 5.97 Å². The number of carboxylic acids is 1. The number of halogens is 1. The number of aromatic nitrogens is 1. The van der Waals surface area contributed by atoms with Gasteiger partial charge in [0.15, 0.2) is 0 Å². The van der Waals surface area contributed by atoms with Gasteiger partial charge in [-0.2, -0.15) is 0 Å². The van der Waals surface area contributed by atoms with Crippen LogP contribution in [0.1, 0.15) is 10.4 Å². The third-order valence-corrected chi connectivity index (χ3v) is 1.89. The monoisotopic (exact) mass is 209 g/mol. The van der Waals surface area contributed by atoms with Gasteiger partial charge in [-0.3, -0.25) is 4.98 Å². The molecule has 1 aromatic heterocycles. The van der Waals surface area contributed by atoms with E-state index in [-0.39, 0.29) is 12.4 Å². The van der Waals surface area contributed by atoms with E-state index in [9.17, 15) is 4.79 Å². The number of hydrogen-bond acceptors (Lipinski definition) is 2. The van der Waals surface area contributed by atoms with Crippen molar-refractivity contribution in [3.05, 3.63) is 42.2 Å². The smallest absolute Gasteiger partial charge is 0.335 e. The molecule has 14 heavy (non-hydrogen) atoms. The van der Waals surface area contributed by atoms with Crippen LogP contribution in [0.3, 0.4) is 0 Å². The molecule has 0 atom stereocenters. The second-order valence-electron chi connectivity index (χ2n) is 2.74. The molecule has 0 unspecified atom stereocenters. The number of nitrogens with zero attached hydrogens (tertiary/aromatic N) is 1. The average Bonchev–Trinajstić information content (AvgIpc) is 2.17. The molecule has 72 valence electrons. The maximum Gasteiger partial charge on any atom is 0.335 e. The van der Waals surface area contributed by atoms with Gasteiger partial charge in [0.25, 0.3) is 0 Å². The van der Waals surface area contributed by atoms with Crippen LogP contribution in [0.15, 0.2) is 36.7 Å². The zero-order chi connectivity index (χ0) is 9.26. The molecule has 2 rings (SSSR count). The number of pyridine rings is 1. The van der Waals surface area contributed by atoms with E-state index in [0.29, 0.717) is 5.56 Å². The predicted molar refractivity (Wildman–Crippen MR) is 56.0 cm³/mol. The Morgan fingerprint density at radius 2 is 2.00 bits per heavy atom. The first-order valence-corrected chi connectivity index (χ1v) is 3.84. The summed E-state index contributed by atoms with van der Waals surface area (Å²) in [4.78, 5) is 14.6. The molecule has 1 N–H and O–H groups in total. The molecule has 0 aliphatic rings. The van der Waals surface area contributed by atoms with Crippen LogP contribution in [0.4, 0.5) is 0 Å². The van der Waals surface area contributed by atoms with Crippen LogP contribution in [-0.2, 0) is 0 Å². The predicted octanol–water partition coefficient (Wildman–Crippen LogP) is 2.35. The highest BCUT2D eigenvalue weighted by Gasteiger charge is 2.02. The Kier molecular flexibility index (Phi) is 3.04. The summed E-state index contributed by atoms with van der Waals surface area (Å²) in [5.41, 5.74) is 0.304. The van der Waals surface area contributed by atoms with Gasteiger partial charge in [-0.1, -0.05) is 6.07 Å². The molecule has 0 bridgehead atoms. The molecule has 4 heteroatoms. The van der Waals surface area contributed by atoms with E-state index in [1.165, 1.54) is 0 Å². The molecule has 3 nitrogen and oxygen atoms in total. The zero-order valence-corrected chi connectivity index (χ0v) is 7.99. The Morgan fingerprint density at radius 3 is 2.71 bits per heavy atom. The van der Waals surface area contributed by atoms with Crippen LogP contribution in [-0.4, -0.2) is 16.1 Å². The van der Waals surface area contributed by atoms with E-state index in [1.807, 2.05) is 0 Å². The van der Waals surface area contributed by atoms with Crippen molar-refractivity contribution in [3.63, 3.8) is 0 Å². The number of fused-ring (bicyclic) bond motifs is 1. The molecule has 1 heterocycles. The topological polar surface area (TPSA) is 50.2 Å². The molecule has 2 aromatic rings. The lowest BCUT2D eigenvalue weighted by Gasteiger charge is -1.97. The van der Waals surface area contributed by atoms with Crippen molar-refractivity contribution in [2.24, 2.45) is 0 Å². The quantitative estimate of drug-likeness (QED) is 0.785. The van der Waals surface area contributed by atoms with Crippen molar-refractivity contribution in [3.8, 4) is 0 Å². The first-order valence-electron chi connectivity index (χ1n) is 3.84. The van der Waals surface area contributed by atoms with Crippen molar-refractivity contribution in [1.29, 1.82) is 0 Å². The van der Waals surface area contributed by atoms with E-state index in [4.69, 9.17) is 5.11 Å². The van der Waals surface area contributed by atoms with Crippen LogP contribution in [0, 0.1) is 0 Å². The number of carboxylic acid groups (broad SMARTS) is 1. The Bertz CT molecular complexity index is 470. The third kappa shape index (κ3) is 1.83. The van der Waals surface area contributed by atoms with Gasteiger partial charge in [-0.15, -0.1) is 12.4 Å². The standard InChI is InChI=1S/C10H7NO2.ClH/c12-10(13)8-1-2-9-6-11-4-3-7(9)5-8;/h1-6H,(H,12,13);1H. The van der Waals surface area contributed by atoms with Crippen molar-refractivity contribution < 1.29 is 9.90 Å². The Balaban J connectivity index is 0.000000980. The summed E-state index contributed by atoms with van der Waals surface area (Å²) in [6.45, 7) is 0. The van der Waals surface area contributed by atoms with Crippen LogP contribution >= 0.6 is 12.4 Å². The molecular formula is C10H8ClNO2. The minimum Gasteiger partial charge on any atom is -0.478 e. The molecule has 0 aliphatic heterocycles. The maximum absolute atomic E-state index is 10.6. The van der Waals surface area contributed by atoms with Gasteiger partial charge in [0.1, 0.15) is 0 Å². The summed E-state index contributed by atoms with van der Waals surface area (Å²) >= 11 is 0. The Labute approximate surface area is 86.8 Å². The second kappa shape index (κ2) is 4.07. The highest BCUT2D eigenvalue weighted by molar-refractivity contribution is 5.93. The normalized spacial score (nSPS) is 9.43. The molecule has 0 saturated heterocycles. The highest BCUT2D eigenvalue weighted by Crippen LogP contribution is 2.14. The molecule has 1 aromatic carbocycles. The van der Waals surface area contributed by atoms with Gasteiger partial charge in [0.05, 0.1) is 5.56 Å². The number of hydrogen-bond donors (Lipinski definition) is 1. The number of benzene rings is 1. The summed E-state index contributed by atoms with van der Waals surface area (Å²) in [6.07, 6.45) is 3.36. The number of carbonyl (C=O) groups is 1. The molecule has 0 saturated carbocycles. The molecule has 0 spiro atoms. The summed E-state index contributed by atoms with van der Waals surface area (Å²) < 4.78 is 0. The lowest BCUT2D eigenvalue weighted by molar-refractivity contribution is 0.0697. The highest BCUT2D eigenvalue weighted by atomic mass is 35.5. The summed E-state index contributed by atoms with van der Waals surface area (Å²) in [6, 6.07) is 6.76. The first kappa shape index (κ1) is 10.5. The lowest BCUT2D eigenvalue weighted by atomic mass is 10.1. The molecule has 0 radical (unpaired) electrons. The maximum atomic E-state index is 10.6. The SMILES string of the molecule is Cl.O=C(O)c1ccc2cnccc2c1. The first-order chi connectivity index (χ1) is 6.27. The van der Waals surface area contributed by atoms with Crippen molar-refractivity contribution in [2.75, 3.05) is 0 Å². The van der Waals surface area contributed by atoms with Crippen LogP contribution in [0.25, 0.3) is 10.8 Å². The zero-order valence-electron chi connectivity index (χ0n) is 7.18. The van der Waals surface area contributed by atoms with Crippen molar-refractivity contribution >= 4 is 29.1 Å². The van der Waals surface area contributed by atoms with Gasteiger partial charge < -0.3 is 5.11 Å².